The van der Waals surface area contributed by atoms with Crippen molar-refractivity contribution in [1.29, 1.82) is 0 Å². The molecule has 0 radical (unpaired) electrons. The van der Waals surface area contributed by atoms with E-state index in [-0.39, 0.29) is 29.6 Å². The molecule has 118 valence electrons. The van der Waals surface area contributed by atoms with Gasteiger partial charge in [-0.15, -0.1) is 0 Å². The molecular formula is C13H24N6OS. The Labute approximate surface area is 129 Å². The molecule has 7 nitrogen and oxygen atoms in total. The van der Waals surface area contributed by atoms with Crippen LogP contribution >= 0.6 is 11.8 Å². The van der Waals surface area contributed by atoms with Gasteiger partial charge in [-0.05, 0) is 19.3 Å². The standard InChI is InChI=1S/C13H24N6OS/c1-8(2)5-4-6-9(3)16-10(20)7-21-13-18-11(14)17-12(15)19-13/h8-9H,4-7H2,1-3H3,(H,16,20)(H4,14,15,17,18,19)/t9-/m1/s1. The number of nitrogen functional groups attached to an aromatic ring is 2. The summed E-state index contributed by atoms with van der Waals surface area (Å²) in [5, 5.41) is 3.32. The highest BCUT2D eigenvalue weighted by Gasteiger charge is 2.10. The fourth-order valence-electron chi connectivity index (χ4n) is 1.80. The van der Waals surface area contributed by atoms with Crippen LogP contribution in [0, 0.1) is 5.92 Å². The maximum absolute atomic E-state index is 11.8. The van der Waals surface area contributed by atoms with Gasteiger partial charge in [0.15, 0.2) is 5.16 Å². The van der Waals surface area contributed by atoms with E-state index in [1.165, 1.54) is 18.2 Å². The van der Waals surface area contributed by atoms with E-state index in [4.69, 9.17) is 11.5 Å². The van der Waals surface area contributed by atoms with E-state index in [0.29, 0.717) is 11.1 Å². The molecule has 1 heterocycles. The van der Waals surface area contributed by atoms with Crippen LogP contribution in [0.4, 0.5) is 11.9 Å². The maximum atomic E-state index is 11.8. The van der Waals surface area contributed by atoms with Gasteiger partial charge in [-0.3, -0.25) is 4.79 Å². The molecule has 1 atom stereocenters. The Morgan fingerprint density at radius 1 is 1.14 bits per heavy atom. The summed E-state index contributed by atoms with van der Waals surface area (Å²) in [5.74, 6) is 1.01. The monoisotopic (exact) mass is 312 g/mol. The largest absolute Gasteiger partial charge is 0.368 e. The first-order valence-corrected chi connectivity index (χ1v) is 8.04. The minimum absolute atomic E-state index is 0.0467. The highest BCUT2D eigenvalue weighted by Crippen LogP contribution is 2.14. The van der Waals surface area contributed by atoms with Gasteiger partial charge < -0.3 is 16.8 Å². The van der Waals surface area contributed by atoms with E-state index in [1.807, 2.05) is 6.92 Å². The second kappa shape index (κ2) is 8.66. The third-order valence-electron chi connectivity index (χ3n) is 2.81. The van der Waals surface area contributed by atoms with Crippen LogP contribution in [0.15, 0.2) is 5.16 Å². The first kappa shape index (κ1) is 17.5. The van der Waals surface area contributed by atoms with E-state index in [2.05, 4.69) is 34.1 Å². The molecule has 21 heavy (non-hydrogen) atoms. The molecule has 1 aromatic heterocycles. The smallest absolute Gasteiger partial charge is 0.230 e. The van der Waals surface area contributed by atoms with Crippen LogP contribution in [-0.4, -0.2) is 32.7 Å². The second-order valence-electron chi connectivity index (χ2n) is 5.42. The zero-order chi connectivity index (χ0) is 15.8. The third-order valence-corrected chi connectivity index (χ3v) is 3.66. The third kappa shape index (κ3) is 7.69. The van der Waals surface area contributed by atoms with Crippen molar-refractivity contribution in [2.75, 3.05) is 17.2 Å². The summed E-state index contributed by atoms with van der Waals surface area (Å²) in [6, 6.07) is 0.172. The summed E-state index contributed by atoms with van der Waals surface area (Å²) in [5.41, 5.74) is 10.9. The Balaban J connectivity index is 2.30. The second-order valence-corrected chi connectivity index (χ2v) is 6.36. The minimum atomic E-state index is -0.0467. The van der Waals surface area contributed by atoms with Gasteiger partial charge in [-0.25, -0.2) is 0 Å². The molecule has 1 aromatic rings. The lowest BCUT2D eigenvalue weighted by Gasteiger charge is -2.14. The van der Waals surface area contributed by atoms with Gasteiger partial charge in [0, 0.05) is 6.04 Å². The van der Waals surface area contributed by atoms with Crippen molar-refractivity contribution in [2.24, 2.45) is 5.92 Å². The summed E-state index contributed by atoms with van der Waals surface area (Å²) >= 11 is 1.19. The van der Waals surface area contributed by atoms with Gasteiger partial charge in [0.1, 0.15) is 0 Å². The Kier molecular flexibility index (Phi) is 7.21. The molecule has 0 aliphatic rings. The average molecular weight is 312 g/mol. The van der Waals surface area contributed by atoms with Gasteiger partial charge in [0.25, 0.3) is 0 Å². The van der Waals surface area contributed by atoms with Gasteiger partial charge in [-0.2, -0.15) is 15.0 Å². The number of amides is 1. The van der Waals surface area contributed by atoms with Crippen molar-refractivity contribution in [3.63, 3.8) is 0 Å². The number of carbonyl (C=O) groups excluding carboxylic acids is 1. The fraction of sp³-hybridized carbons (Fsp3) is 0.692. The summed E-state index contributed by atoms with van der Waals surface area (Å²) in [7, 11) is 0. The first-order chi connectivity index (χ1) is 9.86. The van der Waals surface area contributed by atoms with Gasteiger partial charge in [0.2, 0.25) is 17.8 Å². The highest BCUT2D eigenvalue weighted by atomic mass is 32.2. The zero-order valence-electron chi connectivity index (χ0n) is 12.8. The molecule has 1 rings (SSSR count). The van der Waals surface area contributed by atoms with Crippen molar-refractivity contribution >= 4 is 29.6 Å². The molecule has 0 fully saturated rings. The van der Waals surface area contributed by atoms with Gasteiger partial charge in [0.05, 0.1) is 5.75 Å². The quantitative estimate of drug-likeness (QED) is 0.621. The molecule has 5 N–H and O–H groups in total. The molecule has 0 saturated carbocycles. The number of rotatable bonds is 8. The van der Waals surface area contributed by atoms with Gasteiger partial charge >= 0.3 is 0 Å². The predicted molar refractivity (Wildman–Crippen MR) is 85.7 cm³/mol. The molecular weight excluding hydrogens is 288 g/mol. The summed E-state index contributed by atoms with van der Waals surface area (Å²) < 4.78 is 0. The number of aromatic nitrogens is 3. The zero-order valence-corrected chi connectivity index (χ0v) is 13.6. The summed E-state index contributed by atoms with van der Waals surface area (Å²) in [4.78, 5) is 23.3. The number of anilines is 2. The van der Waals surface area contributed by atoms with E-state index >= 15 is 0 Å². The van der Waals surface area contributed by atoms with Crippen molar-refractivity contribution in [3.8, 4) is 0 Å². The number of carbonyl (C=O) groups is 1. The number of nitrogens with two attached hydrogens (primary N) is 2. The summed E-state index contributed by atoms with van der Waals surface area (Å²) in [6.45, 7) is 6.42. The van der Waals surface area contributed by atoms with Gasteiger partial charge in [-0.1, -0.05) is 38.5 Å². The Hall–Kier alpha value is -1.57. The molecule has 0 aliphatic heterocycles. The minimum Gasteiger partial charge on any atom is -0.368 e. The number of thioether (sulfide) groups is 1. The molecule has 1 amide bonds. The predicted octanol–water partition coefficient (Wildman–Crippen LogP) is 1.46. The summed E-state index contributed by atoms with van der Waals surface area (Å²) in [6.07, 6.45) is 3.28. The number of hydrogen-bond acceptors (Lipinski definition) is 7. The van der Waals surface area contributed by atoms with Crippen LogP contribution < -0.4 is 16.8 Å². The molecule has 0 spiro atoms. The molecule has 0 aromatic carbocycles. The van der Waals surface area contributed by atoms with E-state index < -0.39 is 0 Å². The Morgan fingerprint density at radius 2 is 1.76 bits per heavy atom. The molecule has 0 bridgehead atoms. The number of hydrogen-bond donors (Lipinski definition) is 3. The Bertz CT molecular complexity index is 448. The van der Waals surface area contributed by atoms with Crippen LogP contribution in [0.5, 0.6) is 0 Å². The van der Waals surface area contributed by atoms with Crippen LogP contribution in [-0.2, 0) is 4.79 Å². The molecule has 8 heteroatoms. The van der Waals surface area contributed by atoms with E-state index in [9.17, 15) is 4.79 Å². The first-order valence-electron chi connectivity index (χ1n) is 7.06. The Morgan fingerprint density at radius 3 is 2.33 bits per heavy atom. The fourth-order valence-corrected chi connectivity index (χ4v) is 2.46. The van der Waals surface area contributed by atoms with Crippen molar-refractivity contribution in [1.82, 2.24) is 20.3 Å². The topological polar surface area (TPSA) is 120 Å². The number of nitrogens with zero attached hydrogens (tertiary/aromatic N) is 3. The van der Waals surface area contributed by atoms with Crippen LogP contribution in [0.2, 0.25) is 0 Å². The van der Waals surface area contributed by atoms with Crippen LogP contribution in [0.3, 0.4) is 0 Å². The average Bonchev–Trinajstić information content (AvgIpc) is 2.34. The van der Waals surface area contributed by atoms with Crippen molar-refractivity contribution in [3.05, 3.63) is 0 Å². The number of nitrogens with one attached hydrogen (secondary N) is 1. The van der Waals surface area contributed by atoms with Crippen molar-refractivity contribution < 1.29 is 4.79 Å². The van der Waals surface area contributed by atoms with Crippen LogP contribution in [0.1, 0.15) is 40.0 Å². The molecule has 0 saturated heterocycles. The molecule has 0 aliphatic carbocycles. The lowest BCUT2D eigenvalue weighted by atomic mass is 10.0. The maximum Gasteiger partial charge on any atom is 0.230 e. The van der Waals surface area contributed by atoms with E-state index in [1.54, 1.807) is 0 Å². The normalized spacial score (nSPS) is 12.4. The van der Waals surface area contributed by atoms with Crippen LogP contribution in [0.25, 0.3) is 0 Å². The molecule has 0 unspecified atom stereocenters. The highest BCUT2D eigenvalue weighted by molar-refractivity contribution is 7.99. The lowest BCUT2D eigenvalue weighted by molar-refractivity contribution is -0.119. The lowest BCUT2D eigenvalue weighted by Crippen LogP contribution is -2.33. The van der Waals surface area contributed by atoms with E-state index in [0.717, 1.165) is 12.8 Å². The van der Waals surface area contributed by atoms with Crippen molar-refractivity contribution in [2.45, 2.75) is 51.2 Å². The SMILES string of the molecule is CC(C)CCC[C@@H](C)NC(=O)CSc1nc(N)nc(N)n1.